The van der Waals surface area contributed by atoms with Gasteiger partial charge < -0.3 is 14.8 Å². The number of sulfone groups is 1. The first kappa shape index (κ1) is 24.4. The Morgan fingerprint density at radius 3 is 2.76 bits per heavy atom. The number of carbonyl (C=O) groups excluding carboxylic acids is 2. The van der Waals surface area contributed by atoms with E-state index in [4.69, 9.17) is 14.6 Å². The van der Waals surface area contributed by atoms with Crippen molar-refractivity contribution in [3.8, 4) is 0 Å². The van der Waals surface area contributed by atoms with E-state index in [1.807, 2.05) is 11.6 Å². The molecule has 0 saturated carbocycles. The molecule has 1 N–H and O–H groups in total. The minimum absolute atomic E-state index is 0.0287. The van der Waals surface area contributed by atoms with Crippen LogP contribution in [0.1, 0.15) is 58.3 Å². The van der Waals surface area contributed by atoms with Crippen LogP contribution in [0.3, 0.4) is 0 Å². The average Bonchev–Trinajstić information content (AvgIpc) is 3.10. The maximum atomic E-state index is 12.9. The lowest BCUT2D eigenvalue weighted by Gasteiger charge is -2.36. The number of ether oxygens (including phenoxy) is 2. The zero-order chi connectivity index (χ0) is 24.3. The topological polar surface area (TPSA) is 117 Å². The molecule has 10 heteroatoms. The molecule has 0 unspecified atom stereocenters. The van der Waals surface area contributed by atoms with Crippen LogP contribution in [0.15, 0.2) is 29.2 Å². The average molecular weight is 490 g/mol. The Bertz CT molecular complexity index is 1180. The Hall–Kier alpha value is -2.72. The second-order valence-electron chi connectivity index (χ2n) is 9.11. The van der Waals surface area contributed by atoms with E-state index >= 15 is 0 Å². The van der Waals surface area contributed by atoms with Gasteiger partial charge in [0.25, 0.3) is 5.91 Å². The van der Waals surface area contributed by atoms with E-state index in [2.05, 4.69) is 5.32 Å². The standard InChI is InChI=1S/C24H31N3O6S/c1-3-19-21-20(15-24(16-25-22(21)28)8-12-32-13-9-24)27(26-19)10-5-11-33-23(29)17-6-4-7-18(14-17)34(2,30)31/h4,6-7,14H,3,5,8-13,15-16H2,1-2H3,(H,25,28). The molecule has 9 nitrogen and oxygen atoms in total. The summed E-state index contributed by atoms with van der Waals surface area (Å²) in [6.45, 7) is 4.67. The summed E-state index contributed by atoms with van der Waals surface area (Å²) < 4.78 is 36.3. The van der Waals surface area contributed by atoms with Crippen LogP contribution in [0.25, 0.3) is 0 Å². The number of hydrogen-bond donors (Lipinski definition) is 1. The molecule has 1 amide bonds. The van der Waals surface area contributed by atoms with Crippen molar-refractivity contribution in [3.63, 3.8) is 0 Å². The molecule has 2 aromatic rings. The molecule has 1 aromatic carbocycles. The van der Waals surface area contributed by atoms with Gasteiger partial charge >= 0.3 is 5.97 Å². The van der Waals surface area contributed by atoms with E-state index in [1.165, 1.54) is 24.3 Å². The van der Waals surface area contributed by atoms with Gasteiger partial charge in [-0.15, -0.1) is 0 Å². The van der Waals surface area contributed by atoms with E-state index in [0.29, 0.717) is 44.7 Å². The van der Waals surface area contributed by atoms with Crippen LogP contribution in [0.4, 0.5) is 0 Å². The molecule has 2 aliphatic rings. The number of carbonyl (C=O) groups is 2. The van der Waals surface area contributed by atoms with Gasteiger partial charge in [-0.1, -0.05) is 13.0 Å². The highest BCUT2D eigenvalue weighted by atomic mass is 32.2. The Labute approximate surface area is 199 Å². The summed E-state index contributed by atoms with van der Waals surface area (Å²) in [5.41, 5.74) is 2.58. The number of aromatic nitrogens is 2. The first-order valence-electron chi connectivity index (χ1n) is 11.6. The SMILES string of the molecule is CCc1nn(CCCOC(=O)c2cccc(S(C)(=O)=O)c2)c2c1C(=O)NCC1(CCOCC1)C2. The van der Waals surface area contributed by atoms with Crippen LogP contribution < -0.4 is 5.32 Å². The fourth-order valence-electron chi connectivity index (χ4n) is 4.67. The number of nitrogens with one attached hydrogen (secondary N) is 1. The number of hydrogen-bond acceptors (Lipinski definition) is 7. The fourth-order valence-corrected chi connectivity index (χ4v) is 5.34. The second kappa shape index (κ2) is 9.87. The molecule has 184 valence electrons. The summed E-state index contributed by atoms with van der Waals surface area (Å²) in [6.07, 6.45) is 4.82. The summed E-state index contributed by atoms with van der Waals surface area (Å²) in [5, 5.41) is 7.82. The molecule has 1 aromatic heterocycles. The van der Waals surface area contributed by atoms with Crippen molar-refractivity contribution >= 4 is 21.7 Å². The predicted octanol–water partition coefficient (Wildman–Crippen LogP) is 2.18. The lowest BCUT2D eigenvalue weighted by atomic mass is 9.76. The Morgan fingerprint density at radius 2 is 2.06 bits per heavy atom. The highest BCUT2D eigenvalue weighted by Gasteiger charge is 2.39. The van der Waals surface area contributed by atoms with Crippen molar-refractivity contribution in [2.24, 2.45) is 5.41 Å². The minimum atomic E-state index is -3.41. The van der Waals surface area contributed by atoms with Crippen molar-refractivity contribution in [2.45, 2.75) is 50.5 Å². The number of nitrogens with zero attached hydrogens (tertiary/aromatic N) is 2. The van der Waals surface area contributed by atoms with E-state index in [-0.39, 0.29) is 28.4 Å². The minimum Gasteiger partial charge on any atom is -0.462 e. The van der Waals surface area contributed by atoms with Crippen molar-refractivity contribution in [1.29, 1.82) is 0 Å². The lowest BCUT2D eigenvalue weighted by molar-refractivity contribution is 0.0152. The Balaban J connectivity index is 1.44. The number of esters is 1. The number of fused-ring (bicyclic) bond motifs is 1. The maximum absolute atomic E-state index is 12.9. The third-order valence-electron chi connectivity index (χ3n) is 6.66. The van der Waals surface area contributed by atoms with Gasteiger partial charge in [0, 0.05) is 39.0 Å². The largest absolute Gasteiger partial charge is 0.462 e. The summed E-state index contributed by atoms with van der Waals surface area (Å²) in [7, 11) is -3.41. The van der Waals surface area contributed by atoms with Gasteiger partial charge in [0.05, 0.1) is 34.0 Å². The quantitative estimate of drug-likeness (QED) is 0.468. The van der Waals surface area contributed by atoms with Crippen molar-refractivity contribution in [2.75, 3.05) is 32.6 Å². The molecule has 1 saturated heterocycles. The summed E-state index contributed by atoms with van der Waals surface area (Å²) in [4.78, 5) is 25.4. The molecule has 1 spiro atoms. The molecular weight excluding hydrogens is 458 g/mol. The Kier molecular flexibility index (Phi) is 7.09. The molecule has 34 heavy (non-hydrogen) atoms. The molecule has 2 aliphatic heterocycles. The summed E-state index contributed by atoms with van der Waals surface area (Å²) in [6, 6.07) is 5.83. The van der Waals surface area contributed by atoms with Crippen LogP contribution in [0.5, 0.6) is 0 Å². The molecular formula is C24H31N3O6S. The summed E-state index contributed by atoms with van der Waals surface area (Å²) in [5.74, 6) is -0.641. The van der Waals surface area contributed by atoms with E-state index in [9.17, 15) is 18.0 Å². The van der Waals surface area contributed by atoms with E-state index in [1.54, 1.807) is 0 Å². The highest BCUT2D eigenvalue weighted by Crippen LogP contribution is 2.37. The molecule has 0 aliphatic carbocycles. The van der Waals surface area contributed by atoms with Crippen LogP contribution in [0.2, 0.25) is 0 Å². The zero-order valence-electron chi connectivity index (χ0n) is 19.6. The lowest BCUT2D eigenvalue weighted by Crippen LogP contribution is -2.40. The smallest absolute Gasteiger partial charge is 0.338 e. The van der Waals surface area contributed by atoms with E-state index < -0.39 is 15.8 Å². The van der Waals surface area contributed by atoms with Gasteiger partial charge in [0.1, 0.15) is 0 Å². The molecule has 0 radical (unpaired) electrons. The summed E-state index contributed by atoms with van der Waals surface area (Å²) >= 11 is 0. The third kappa shape index (κ3) is 5.17. The van der Waals surface area contributed by atoms with Gasteiger partial charge in [-0.3, -0.25) is 9.48 Å². The van der Waals surface area contributed by atoms with Crippen LogP contribution in [-0.2, 0) is 38.7 Å². The van der Waals surface area contributed by atoms with Gasteiger partial charge in [-0.05, 0) is 49.3 Å². The number of amides is 1. The molecule has 3 heterocycles. The van der Waals surface area contributed by atoms with Crippen LogP contribution in [-0.4, -0.2) is 62.7 Å². The van der Waals surface area contributed by atoms with Crippen molar-refractivity contribution in [1.82, 2.24) is 15.1 Å². The second-order valence-corrected chi connectivity index (χ2v) is 11.1. The van der Waals surface area contributed by atoms with Crippen molar-refractivity contribution in [3.05, 3.63) is 46.8 Å². The predicted molar refractivity (Wildman–Crippen MR) is 125 cm³/mol. The van der Waals surface area contributed by atoms with Gasteiger partial charge in [0.2, 0.25) is 0 Å². The van der Waals surface area contributed by atoms with Crippen LogP contribution in [0, 0.1) is 5.41 Å². The fraction of sp³-hybridized carbons (Fsp3) is 0.542. The maximum Gasteiger partial charge on any atom is 0.338 e. The molecule has 4 rings (SSSR count). The highest BCUT2D eigenvalue weighted by molar-refractivity contribution is 7.90. The van der Waals surface area contributed by atoms with Gasteiger partial charge in [-0.25, -0.2) is 13.2 Å². The molecule has 1 fully saturated rings. The first-order chi connectivity index (χ1) is 16.2. The van der Waals surface area contributed by atoms with Gasteiger partial charge in [0.15, 0.2) is 9.84 Å². The zero-order valence-corrected chi connectivity index (χ0v) is 20.4. The first-order valence-corrected chi connectivity index (χ1v) is 13.5. The monoisotopic (exact) mass is 489 g/mol. The normalized spacial score (nSPS) is 17.6. The molecule has 0 atom stereocenters. The van der Waals surface area contributed by atoms with Crippen molar-refractivity contribution < 1.29 is 27.5 Å². The molecule has 0 bridgehead atoms. The number of aryl methyl sites for hydroxylation is 2. The number of rotatable bonds is 7. The van der Waals surface area contributed by atoms with E-state index in [0.717, 1.165) is 36.9 Å². The third-order valence-corrected chi connectivity index (χ3v) is 7.77. The van der Waals surface area contributed by atoms with Crippen LogP contribution >= 0.6 is 0 Å². The van der Waals surface area contributed by atoms with Gasteiger partial charge in [-0.2, -0.15) is 5.10 Å². The Morgan fingerprint density at radius 1 is 1.29 bits per heavy atom. The number of benzene rings is 1.